The van der Waals surface area contributed by atoms with Crippen LogP contribution in [0.3, 0.4) is 0 Å². The predicted molar refractivity (Wildman–Crippen MR) is 147 cm³/mol. The van der Waals surface area contributed by atoms with E-state index >= 15 is 0 Å². The van der Waals surface area contributed by atoms with Crippen LogP contribution in [0.1, 0.15) is 70.8 Å². The number of rotatable bonds is 12. The summed E-state index contributed by atoms with van der Waals surface area (Å²) in [5.74, 6) is -2.83. The van der Waals surface area contributed by atoms with Crippen molar-refractivity contribution >= 4 is 23.8 Å². The van der Waals surface area contributed by atoms with Crippen LogP contribution >= 0.6 is 0 Å². The number of hydrogen-bond donors (Lipinski definition) is 4. The number of urea groups is 1. The summed E-state index contributed by atoms with van der Waals surface area (Å²) in [5.41, 5.74) is 5.26. The molecule has 0 bridgehead atoms. The number of benzene rings is 1. The van der Waals surface area contributed by atoms with Crippen LogP contribution in [0.2, 0.25) is 0 Å². The maximum atomic E-state index is 13.7. The molecule has 11 heteroatoms. The third-order valence-corrected chi connectivity index (χ3v) is 7.98. The Morgan fingerprint density at radius 1 is 1.10 bits per heavy atom. The molecule has 3 fully saturated rings. The van der Waals surface area contributed by atoms with E-state index in [1.54, 1.807) is 0 Å². The SMILES string of the molecule is CC(C)C[C@@H](C(=O)NN1C(=O)NC2(CCNCC2)C1=O)[C@H](CCCc1ccccc1)C(=O)NOC1CCCCO1. The molecule has 4 N–H and O–H groups in total. The van der Waals surface area contributed by atoms with Gasteiger partial charge in [0.25, 0.3) is 5.91 Å². The Hall–Kier alpha value is -3.02. The molecule has 1 spiro atoms. The molecule has 3 aliphatic rings. The maximum absolute atomic E-state index is 13.7. The van der Waals surface area contributed by atoms with Gasteiger partial charge in [-0.15, -0.1) is 0 Å². The first-order valence-corrected chi connectivity index (χ1v) is 14.6. The fourth-order valence-corrected chi connectivity index (χ4v) is 5.76. The Morgan fingerprint density at radius 2 is 1.85 bits per heavy atom. The van der Waals surface area contributed by atoms with Gasteiger partial charge in [-0.1, -0.05) is 44.2 Å². The number of ether oxygens (including phenoxy) is 1. The van der Waals surface area contributed by atoms with Crippen LogP contribution < -0.4 is 21.5 Å². The van der Waals surface area contributed by atoms with Crippen LogP contribution in [-0.4, -0.2) is 60.3 Å². The number of aryl methyl sites for hydroxylation is 1. The summed E-state index contributed by atoms with van der Waals surface area (Å²) in [6, 6.07) is 9.32. The van der Waals surface area contributed by atoms with Gasteiger partial charge in [-0.2, -0.15) is 5.01 Å². The lowest BCUT2D eigenvalue weighted by atomic mass is 9.81. The molecule has 0 aromatic heterocycles. The van der Waals surface area contributed by atoms with Crippen molar-refractivity contribution in [2.45, 2.75) is 83.5 Å². The van der Waals surface area contributed by atoms with Crippen LogP contribution in [0.4, 0.5) is 4.79 Å². The number of carbonyl (C=O) groups is 4. The van der Waals surface area contributed by atoms with Crippen molar-refractivity contribution in [2.75, 3.05) is 19.7 Å². The molecule has 0 saturated carbocycles. The number of nitrogens with one attached hydrogen (secondary N) is 4. The minimum Gasteiger partial charge on any atom is -0.350 e. The second-order valence-corrected chi connectivity index (χ2v) is 11.5. The van der Waals surface area contributed by atoms with E-state index in [0.717, 1.165) is 29.8 Å². The van der Waals surface area contributed by atoms with Gasteiger partial charge in [-0.25, -0.2) is 15.1 Å². The van der Waals surface area contributed by atoms with Crippen LogP contribution in [-0.2, 0) is 30.4 Å². The van der Waals surface area contributed by atoms with Gasteiger partial charge in [-0.05, 0) is 75.9 Å². The summed E-state index contributed by atoms with van der Waals surface area (Å²) in [6.07, 6.45) is 5.19. The number of piperidine rings is 1. The van der Waals surface area contributed by atoms with Gasteiger partial charge in [0, 0.05) is 13.0 Å². The molecule has 0 radical (unpaired) electrons. The average Bonchev–Trinajstić information content (AvgIpc) is 3.17. The first-order chi connectivity index (χ1) is 19.3. The van der Waals surface area contributed by atoms with Gasteiger partial charge < -0.3 is 15.4 Å². The zero-order valence-corrected chi connectivity index (χ0v) is 23.6. The van der Waals surface area contributed by atoms with Gasteiger partial charge in [0.1, 0.15) is 5.54 Å². The topological polar surface area (TPSA) is 138 Å². The lowest BCUT2D eigenvalue weighted by Crippen LogP contribution is -2.56. The number of hydroxylamine groups is 1. The molecule has 40 heavy (non-hydrogen) atoms. The zero-order valence-electron chi connectivity index (χ0n) is 23.6. The highest BCUT2D eigenvalue weighted by Gasteiger charge is 2.52. The Balaban J connectivity index is 1.48. The summed E-state index contributed by atoms with van der Waals surface area (Å²) in [7, 11) is 0. The molecule has 1 aromatic carbocycles. The molecule has 11 nitrogen and oxygen atoms in total. The number of hydrazine groups is 1. The minimum atomic E-state index is -1.01. The summed E-state index contributed by atoms with van der Waals surface area (Å²) >= 11 is 0. The van der Waals surface area contributed by atoms with Crippen LogP contribution in [0, 0.1) is 17.8 Å². The lowest BCUT2D eigenvalue weighted by Gasteiger charge is -2.31. The zero-order chi connectivity index (χ0) is 28.5. The molecule has 0 aliphatic carbocycles. The Kier molecular flexibility index (Phi) is 10.5. The van der Waals surface area contributed by atoms with Crippen molar-refractivity contribution in [1.82, 2.24) is 26.5 Å². The van der Waals surface area contributed by atoms with Gasteiger partial charge in [-0.3, -0.25) is 19.8 Å². The number of amides is 5. The lowest BCUT2D eigenvalue weighted by molar-refractivity contribution is -0.203. The third kappa shape index (κ3) is 7.58. The molecule has 3 saturated heterocycles. The third-order valence-electron chi connectivity index (χ3n) is 7.98. The van der Waals surface area contributed by atoms with Crippen molar-refractivity contribution in [3.8, 4) is 0 Å². The van der Waals surface area contributed by atoms with E-state index in [2.05, 4.69) is 21.5 Å². The van der Waals surface area contributed by atoms with E-state index in [0.29, 0.717) is 58.2 Å². The highest BCUT2D eigenvalue weighted by Crippen LogP contribution is 2.29. The van der Waals surface area contributed by atoms with E-state index in [9.17, 15) is 19.2 Å². The van der Waals surface area contributed by atoms with Crippen LogP contribution in [0.5, 0.6) is 0 Å². The van der Waals surface area contributed by atoms with Gasteiger partial charge >= 0.3 is 6.03 Å². The van der Waals surface area contributed by atoms with Gasteiger partial charge in [0.05, 0.1) is 11.8 Å². The molecule has 3 heterocycles. The number of imide groups is 1. The Bertz CT molecular complexity index is 1020. The molecule has 3 atom stereocenters. The van der Waals surface area contributed by atoms with Crippen molar-refractivity contribution in [3.05, 3.63) is 35.9 Å². The standard InChI is InChI=1S/C29H43N5O6/c1-20(2)19-23(25(35)32-34-27(37)29(31-28(34)38)14-16-30-17-15-29)22(12-8-11-21-9-4-3-5-10-21)26(36)33-40-24-13-6-7-18-39-24/h3-5,9-10,20,22-24,30H,6-8,11-19H2,1-2H3,(H,31,38)(H,32,35)(H,33,36)/t22-,23+,24?/m0/s1. The van der Waals surface area contributed by atoms with E-state index < -0.39 is 47.4 Å². The smallest absolute Gasteiger partial charge is 0.344 e. The Labute approximate surface area is 236 Å². The summed E-state index contributed by atoms with van der Waals surface area (Å²) in [4.78, 5) is 58.9. The second-order valence-electron chi connectivity index (χ2n) is 11.5. The maximum Gasteiger partial charge on any atom is 0.344 e. The summed E-state index contributed by atoms with van der Waals surface area (Å²) in [6.45, 7) is 5.71. The molecule has 1 unspecified atom stereocenters. The van der Waals surface area contributed by atoms with Crippen molar-refractivity contribution in [3.63, 3.8) is 0 Å². The largest absolute Gasteiger partial charge is 0.350 e. The summed E-state index contributed by atoms with van der Waals surface area (Å²) < 4.78 is 5.58. The average molecular weight is 558 g/mol. The van der Waals surface area contributed by atoms with E-state index in [4.69, 9.17) is 9.57 Å². The highest BCUT2D eigenvalue weighted by atomic mass is 16.8. The van der Waals surface area contributed by atoms with E-state index in [1.165, 1.54) is 0 Å². The first-order valence-electron chi connectivity index (χ1n) is 14.6. The number of nitrogens with zero attached hydrogens (tertiary/aromatic N) is 1. The van der Waals surface area contributed by atoms with Crippen LogP contribution in [0.15, 0.2) is 30.3 Å². The fraction of sp³-hybridized carbons (Fsp3) is 0.655. The Morgan fingerprint density at radius 3 is 2.52 bits per heavy atom. The van der Waals surface area contributed by atoms with Crippen LogP contribution in [0.25, 0.3) is 0 Å². The van der Waals surface area contributed by atoms with Crippen molar-refractivity contribution in [1.29, 1.82) is 0 Å². The normalized spacial score (nSPS) is 22.2. The second kappa shape index (κ2) is 14.0. The number of carbonyl (C=O) groups excluding carboxylic acids is 4. The van der Waals surface area contributed by atoms with Gasteiger partial charge in [0.15, 0.2) is 6.29 Å². The van der Waals surface area contributed by atoms with Crippen molar-refractivity contribution in [2.24, 2.45) is 17.8 Å². The fourth-order valence-electron chi connectivity index (χ4n) is 5.76. The monoisotopic (exact) mass is 557 g/mol. The molecule has 4 rings (SSSR count). The predicted octanol–water partition coefficient (Wildman–Crippen LogP) is 2.57. The van der Waals surface area contributed by atoms with Crippen molar-refractivity contribution < 1.29 is 28.8 Å². The van der Waals surface area contributed by atoms with E-state index in [-0.39, 0.29) is 5.92 Å². The molecular weight excluding hydrogens is 514 g/mol. The molecule has 3 aliphatic heterocycles. The molecule has 220 valence electrons. The quantitative estimate of drug-likeness (QED) is 0.229. The first kappa shape index (κ1) is 30.0. The van der Waals surface area contributed by atoms with Gasteiger partial charge in [0.2, 0.25) is 11.8 Å². The van der Waals surface area contributed by atoms with E-state index in [1.807, 2.05) is 44.2 Å². The molecule has 5 amide bonds. The number of hydrogen-bond acceptors (Lipinski definition) is 7. The molecular formula is C29H43N5O6. The highest BCUT2D eigenvalue weighted by molar-refractivity contribution is 6.08. The summed E-state index contributed by atoms with van der Waals surface area (Å²) in [5, 5.41) is 6.77. The minimum absolute atomic E-state index is 0.0848. The molecule has 1 aromatic rings.